The van der Waals surface area contributed by atoms with Gasteiger partial charge in [0.1, 0.15) is 0 Å². The van der Waals surface area contributed by atoms with Gasteiger partial charge in [-0.2, -0.15) is 0 Å². The summed E-state index contributed by atoms with van der Waals surface area (Å²) < 4.78 is 9.69. The van der Waals surface area contributed by atoms with Gasteiger partial charge in [-0.15, -0.1) is 0 Å². The molecule has 0 saturated carbocycles. The number of hydrogen-bond donors (Lipinski definition) is 0. The minimum absolute atomic E-state index is 0.114. The number of methoxy groups -OCH3 is 2. The third kappa shape index (κ3) is 3.01. The second kappa shape index (κ2) is 5.69. The predicted octanol–water partition coefficient (Wildman–Crippen LogP) is 2.23. The predicted molar refractivity (Wildman–Crippen MR) is 71.9 cm³/mol. The van der Waals surface area contributed by atoms with Crippen molar-refractivity contribution in [3.8, 4) is 0 Å². The summed E-state index contributed by atoms with van der Waals surface area (Å²) in [6.45, 7) is 6.58. The highest BCUT2D eigenvalue weighted by Crippen LogP contribution is 2.42. The number of hydrogen-bond acceptors (Lipinski definition) is 4. The number of carbonyl (C=O) groups excluding carboxylic acids is 2. The number of carbonyl (C=O) groups is 2. The second-order valence-corrected chi connectivity index (χ2v) is 11.1. The molecule has 102 valence electrons. The van der Waals surface area contributed by atoms with Crippen LogP contribution in [-0.4, -0.2) is 34.2 Å². The molecule has 0 amide bonds. The van der Waals surface area contributed by atoms with E-state index in [1.807, 2.05) is 6.08 Å². The Hall–Kier alpha value is -1.10. The molecule has 4 nitrogen and oxygen atoms in total. The molecular weight excluding hydrogens is 248 g/mol. The maximum atomic E-state index is 12.0. The summed E-state index contributed by atoms with van der Waals surface area (Å²) in [5, 5.41) is 0. The number of esters is 2. The molecule has 0 unspecified atom stereocenters. The van der Waals surface area contributed by atoms with E-state index in [2.05, 4.69) is 25.7 Å². The largest absolute Gasteiger partial charge is 0.469 e. The molecule has 0 saturated heterocycles. The molecule has 1 aliphatic rings. The average Bonchev–Trinajstić information content (AvgIpc) is 2.34. The van der Waals surface area contributed by atoms with Crippen LogP contribution in [0.15, 0.2) is 12.2 Å². The summed E-state index contributed by atoms with van der Waals surface area (Å²) in [6.07, 6.45) is 4.62. The first-order valence-electron chi connectivity index (χ1n) is 6.15. The summed E-state index contributed by atoms with van der Waals surface area (Å²) in [5.74, 6) is -1.44. The van der Waals surface area contributed by atoms with Gasteiger partial charge in [-0.25, -0.2) is 0 Å². The van der Waals surface area contributed by atoms with Crippen LogP contribution in [0.2, 0.25) is 25.2 Å². The Bertz CT molecular complexity index is 356. The van der Waals surface area contributed by atoms with Crippen molar-refractivity contribution >= 4 is 20.0 Å². The first-order valence-corrected chi connectivity index (χ1v) is 9.73. The molecular formula is C13H22O4Si. The Balaban J connectivity index is 3.12. The van der Waals surface area contributed by atoms with Crippen molar-refractivity contribution in [1.82, 2.24) is 0 Å². The quantitative estimate of drug-likeness (QED) is 0.448. The monoisotopic (exact) mass is 270 g/mol. The van der Waals surface area contributed by atoms with Crippen LogP contribution >= 0.6 is 0 Å². The Kier molecular flexibility index (Phi) is 4.73. The fourth-order valence-electron chi connectivity index (χ4n) is 2.56. The Morgan fingerprint density at radius 3 is 2.11 bits per heavy atom. The highest BCUT2D eigenvalue weighted by atomic mass is 28.3. The summed E-state index contributed by atoms with van der Waals surface area (Å²) >= 11 is 0. The molecule has 0 bridgehead atoms. The average molecular weight is 270 g/mol. The molecule has 0 fully saturated rings. The van der Waals surface area contributed by atoms with Gasteiger partial charge in [-0.3, -0.25) is 9.59 Å². The lowest BCUT2D eigenvalue weighted by Crippen LogP contribution is -2.44. The van der Waals surface area contributed by atoms with Gasteiger partial charge in [-0.05, 0) is 12.0 Å². The van der Waals surface area contributed by atoms with Crippen LogP contribution in [-0.2, 0) is 19.1 Å². The van der Waals surface area contributed by atoms with Gasteiger partial charge in [0.25, 0.3) is 0 Å². The standard InChI is InChI=1S/C13H22O4Si/c1-16-12(14)9-7-6-8-10(18(3,4)5)11(9)13(15)17-2/h6,8-11H,7H2,1-5H3/t9-,10+,11-/m0/s1. The lowest BCUT2D eigenvalue weighted by molar-refractivity contribution is -0.157. The highest BCUT2D eigenvalue weighted by Gasteiger charge is 2.46. The summed E-state index contributed by atoms with van der Waals surface area (Å²) in [7, 11) is 1.14. The molecule has 0 spiro atoms. The van der Waals surface area contributed by atoms with Crippen LogP contribution in [0, 0.1) is 11.8 Å². The van der Waals surface area contributed by atoms with E-state index in [0.29, 0.717) is 6.42 Å². The van der Waals surface area contributed by atoms with Gasteiger partial charge < -0.3 is 9.47 Å². The molecule has 0 radical (unpaired) electrons. The first kappa shape index (κ1) is 15.0. The van der Waals surface area contributed by atoms with Crippen LogP contribution in [0.25, 0.3) is 0 Å². The smallest absolute Gasteiger partial charge is 0.309 e. The molecule has 0 heterocycles. The molecule has 1 aliphatic carbocycles. The fraction of sp³-hybridized carbons (Fsp3) is 0.692. The molecule has 5 heteroatoms. The summed E-state index contributed by atoms with van der Waals surface area (Å²) in [4.78, 5) is 23.8. The number of rotatable bonds is 3. The lowest BCUT2D eigenvalue weighted by Gasteiger charge is -2.37. The van der Waals surface area contributed by atoms with Crippen molar-refractivity contribution in [2.45, 2.75) is 31.6 Å². The first-order chi connectivity index (χ1) is 8.32. The SMILES string of the molecule is COC(=O)[C@H]1[C@@H](C(=O)OC)CC=C[C@H]1[Si](C)(C)C. The molecule has 0 aromatic heterocycles. The zero-order valence-corrected chi connectivity index (χ0v) is 12.7. The second-order valence-electron chi connectivity index (χ2n) is 5.73. The van der Waals surface area contributed by atoms with Gasteiger partial charge in [0.15, 0.2) is 0 Å². The lowest BCUT2D eigenvalue weighted by atomic mass is 9.82. The summed E-state index contributed by atoms with van der Waals surface area (Å²) in [6, 6.07) is 0. The van der Waals surface area contributed by atoms with Gasteiger partial charge in [0, 0.05) is 0 Å². The van der Waals surface area contributed by atoms with E-state index in [4.69, 9.17) is 9.47 Å². The Morgan fingerprint density at radius 2 is 1.67 bits per heavy atom. The van der Waals surface area contributed by atoms with Gasteiger partial charge >= 0.3 is 11.9 Å². The molecule has 3 atom stereocenters. The van der Waals surface area contributed by atoms with Crippen molar-refractivity contribution in [2.24, 2.45) is 11.8 Å². The van der Waals surface area contributed by atoms with Crippen LogP contribution in [0.1, 0.15) is 6.42 Å². The van der Waals surface area contributed by atoms with E-state index in [0.717, 1.165) is 0 Å². The molecule has 0 N–H and O–H groups in total. The Labute approximate surface area is 109 Å². The normalized spacial score (nSPS) is 27.7. The van der Waals surface area contributed by atoms with Crippen LogP contribution in [0.3, 0.4) is 0 Å². The van der Waals surface area contributed by atoms with Crippen molar-refractivity contribution < 1.29 is 19.1 Å². The summed E-state index contributed by atoms with van der Waals surface area (Å²) in [5.41, 5.74) is 0.114. The van der Waals surface area contributed by atoms with Gasteiger partial charge in [0.05, 0.1) is 34.1 Å². The van der Waals surface area contributed by atoms with E-state index in [9.17, 15) is 9.59 Å². The minimum Gasteiger partial charge on any atom is -0.469 e. The number of ether oxygens (including phenoxy) is 2. The molecule has 0 aromatic carbocycles. The van der Waals surface area contributed by atoms with E-state index in [1.165, 1.54) is 14.2 Å². The van der Waals surface area contributed by atoms with Crippen molar-refractivity contribution in [3.05, 3.63) is 12.2 Å². The minimum atomic E-state index is -1.59. The zero-order valence-electron chi connectivity index (χ0n) is 11.7. The van der Waals surface area contributed by atoms with Crippen molar-refractivity contribution in [1.29, 1.82) is 0 Å². The van der Waals surface area contributed by atoms with Crippen LogP contribution in [0.5, 0.6) is 0 Å². The third-order valence-corrected chi connectivity index (χ3v) is 6.08. The van der Waals surface area contributed by atoms with Crippen molar-refractivity contribution in [2.75, 3.05) is 14.2 Å². The van der Waals surface area contributed by atoms with E-state index in [-0.39, 0.29) is 17.5 Å². The Morgan fingerprint density at radius 1 is 1.11 bits per heavy atom. The van der Waals surface area contributed by atoms with Crippen LogP contribution < -0.4 is 0 Å². The topological polar surface area (TPSA) is 52.6 Å². The highest BCUT2D eigenvalue weighted by molar-refractivity contribution is 6.78. The van der Waals surface area contributed by atoms with Gasteiger partial charge in [-0.1, -0.05) is 31.8 Å². The van der Waals surface area contributed by atoms with E-state index < -0.39 is 19.9 Å². The molecule has 0 aromatic rings. The van der Waals surface area contributed by atoms with Crippen molar-refractivity contribution in [3.63, 3.8) is 0 Å². The van der Waals surface area contributed by atoms with Gasteiger partial charge in [0.2, 0.25) is 0 Å². The maximum Gasteiger partial charge on any atom is 0.309 e. The maximum absolute atomic E-state index is 12.0. The molecule has 18 heavy (non-hydrogen) atoms. The fourth-order valence-corrected chi connectivity index (χ4v) is 4.72. The van der Waals surface area contributed by atoms with E-state index >= 15 is 0 Å². The van der Waals surface area contributed by atoms with E-state index in [1.54, 1.807) is 0 Å². The number of allylic oxidation sites excluding steroid dienone is 2. The van der Waals surface area contributed by atoms with Crippen LogP contribution in [0.4, 0.5) is 0 Å². The molecule has 1 rings (SSSR count). The zero-order chi connectivity index (χ0) is 13.9. The molecule has 0 aliphatic heterocycles. The third-order valence-electron chi connectivity index (χ3n) is 3.53.